The molecule has 17 nitrogen and oxygen atoms in total. The van der Waals surface area contributed by atoms with Crippen LogP contribution >= 0.6 is 23.5 Å². The summed E-state index contributed by atoms with van der Waals surface area (Å²) in [4.78, 5) is 60.6. The molecule has 1 radical (unpaired) electrons. The molecule has 1 saturated heterocycles. The van der Waals surface area contributed by atoms with E-state index in [2.05, 4.69) is 13.1 Å². The molecule has 6 atom stereocenters. The molecule has 31 heavy (non-hydrogen) atoms. The first-order valence-electron chi connectivity index (χ1n) is 7.63. The molecule has 173 valence electrons. The largest absolute Gasteiger partial charge is 0.490 e. The first-order valence-corrected chi connectivity index (χ1v) is 12.2. The number of nitrogens with one attached hydrogen (secondary N) is 1. The van der Waals surface area contributed by atoms with Gasteiger partial charge in [0.2, 0.25) is 0 Å². The van der Waals surface area contributed by atoms with E-state index in [1.165, 1.54) is 6.92 Å². The standard InChI is InChI=1S/C10H17N2O15P3.Na/c1-4-2-12(10(16)11-8(4)15)9-7(14)6(13)5(25-9)3-24-29(20,21)27-30(22,23)26-28(17,18)19;/h2,5-7,9,13-14H,3H2,1H3,(H,20,21)(H,22,23)(H,11,15,16)(H2,17,18,19);/t5-,6-,7-,9-;/m1./s1. The maximum Gasteiger partial charge on any atom is 0.490 e. The van der Waals surface area contributed by atoms with E-state index < -0.39 is 65.9 Å². The second-order valence-corrected chi connectivity index (χ2v) is 10.3. The number of hydrogen-bond donors (Lipinski definition) is 7. The summed E-state index contributed by atoms with van der Waals surface area (Å²) in [6.07, 6.45) is -5.64. The van der Waals surface area contributed by atoms with Crippen LogP contribution in [0.3, 0.4) is 0 Å². The van der Waals surface area contributed by atoms with Gasteiger partial charge in [-0.1, -0.05) is 0 Å². The summed E-state index contributed by atoms with van der Waals surface area (Å²) >= 11 is 0. The number of phosphoric ester groups is 1. The summed E-state index contributed by atoms with van der Waals surface area (Å²) in [5.41, 5.74) is -1.62. The van der Waals surface area contributed by atoms with Crippen molar-refractivity contribution in [3.63, 3.8) is 0 Å². The molecule has 0 amide bonds. The van der Waals surface area contributed by atoms with Gasteiger partial charge in [-0.05, 0) is 6.92 Å². The summed E-state index contributed by atoms with van der Waals surface area (Å²) in [5.74, 6) is 0. The second kappa shape index (κ2) is 10.5. The van der Waals surface area contributed by atoms with E-state index in [0.29, 0.717) is 0 Å². The fraction of sp³-hybridized carbons (Fsp3) is 0.600. The van der Waals surface area contributed by atoms with Crippen molar-refractivity contribution in [1.82, 2.24) is 9.55 Å². The molecule has 2 unspecified atom stereocenters. The Labute approximate surface area is 194 Å². The van der Waals surface area contributed by atoms with Crippen LogP contribution in [0.15, 0.2) is 15.8 Å². The van der Waals surface area contributed by atoms with Gasteiger partial charge in [-0.15, -0.1) is 0 Å². The van der Waals surface area contributed by atoms with Gasteiger partial charge >= 0.3 is 29.2 Å². The van der Waals surface area contributed by atoms with Gasteiger partial charge in [0.15, 0.2) is 6.23 Å². The molecule has 1 aliphatic rings. The van der Waals surface area contributed by atoms with E-state index in [4.69, 9.17) is 19.4 Å². The molecule has 0 saturated carbocycles. The van der Waals surface area contributed by atoms with Gasteiger partial charge < -0.3 is 34.5 Å². The van der Waals surface area contributed by atoms with E-state index in [9.17, 15) is 38.4 Å². The maximum absolute atomic E-state index is 11.9. The number of aromatic nitrogens is 2. The van der Waals surface area contributed by atoms with Crippen LogP contribution in [0.1, 0.15) is 11.8 Å². The van der Waals surface area contributed by atoms with Gasteiger partial charge in [0.05, 0.1) is 6.61 Å². The number of aliphatic hydroxyl groups is 2. The molecule has 0 bridgehead atoms. The van der Waals surface area contributed by atoms with E-state index in [1.54, 1.807) is 0 Å². The summed E-state index contributed by atoms with van der Waals surface area (Å²) in [7, 11) is -16.8. The van der Waals surface area contributed by atoms with Crippen LogP contribution in [0.2, 0.25) is 0 Å². The van der Waals surface area contributed by atoms with Crippen molar-refractivity contribution in [3.8, 4) is 0 Å². The third kappa shape index (κ3) is 8.05. The summed E-state index contributed by atoms with van der Waals surface area (Å²) in [6.45, 7) is 0.300. The number of phosphoric acid groups is 3. The Kier molecular flexibility index (Phi) is 9.81. The minimum absolute atomic E-state index is 0. The Balaban J connectivity index is 0.00000480. The monoisotopic (exact) mass is 521 g/mol. The summed E-state index contributed by atoms with van der Waals surface area (Å²) in [6, 6.07) is 0. The number of hydrogen-bond acceptors (Lipinski definition) is 11. The van der Waals surface area contributed by atoms with Crippen LogP contribution < -0.4 is 11.2 Å². The SMILES string of the molecule is Cc1cn([C@@H]2O[C@H](COP(=O)(O)OP(=O)(O)OP(=O)(O)O)[C@@H](O)[C@H]2O)c(=O)[nH]c1=O.[Na]. The zero-order valence-electron chi connectivity index (χ0n) is 15.7. The van der Waals surface area contributed by atoms with Crippen molar-refractivity contribution >= 4 is 53.0 Å². The van der Waals surface area contributed by atoms with Crippen molar-refractivity contribution in [3.05, 3.63) is 32.6 Å². The quantitative estimate of drug-likeness (QED) is 0.137. The molecule has 2 heterocycles. The molecule has 1 aliphatic heterocycles. The molecule has 1 aromatic rings. The molecule has 7 N–H and O–H groups in total. The predicted octanol–water partition coefficient (Wildman–Crippen LogP) is -2.57. The summed E-state index contributed by atoms with van der Waals surface area (Å²) in [5, 5.41) is 20.1. The number of ether oxygens (including phenoxy) is 1. The van der Waals surface area contributed by atoms with Gasteiger partial charge in [-0.3, -0.25) is 18.9 Å². The summed E-state index contributed by atoms with van der Waals surface area (Å²) < 4.78 is 50.8. The molecule has 0 aromatic carbocycles. The number of aryl methyl sites for hydroxylation is 1. The van der Waals surface area contributed by atoms with Gasteiger partial charge in [0, 0.05) is 41.3 Å². The molecule has 2 rings (SSSR count). The van der Waals surface area contributed by atoms with Crippen LogP contribution in [-0.2, 0) is 31.6 Å². The number of rotatable bonds is 8. The third-order valence-electron chi connectivity index (χ3n) is 3.58. The third-order valence-corrected chi connectivity index (χ3v) is 7.38. The van der Waals surface area contributed by atoms with E-state index in [0.717, 1.165) is 10.8 Å². The van der Waals surface area contributed by atoms with Gasteiger partial charge in [0.1, 0.15) is 18.3 Å². The first-order chi connectivity index (χ1) is 13.5. The van der Waals surface area contributed by atoms with Gasteiger partial charge in [0.25, 0.3) is 5.56 Å². The first kappa shape index (κ1) is 29.0. The van der Waals surface area contributed by atoms with Crippen LogP contribution in [0.25, 0.3) is 0 Å². The van der Waals surface area contributed by atoms with Crippen molar-refractivity contribution in [1.29, 1.82) is 0 Å². The fourth-order valence-corrected chi connectivity index (χ4v) is 5.37. The van der Waals surface area contributed by atoms with Crippen molar-refractivity contribution in [2.45, 2.75) is 31.5 Å². The van der Waals surface area contributed by atoms with E-state index in [-0.39, 0.29) is 35.1 Å². The van der Waals surface area contributed by atoms with Crippen molar-refractivity contribution < 1.29 is 61.4 Å². The molecule has 0 aliphatic carbocycles. The Hall–Kier alpha value is -0.0300. The molecule has 1 fully saturated rings. The molecular formula is C10H17N2NaO15P3. The van der Waals surface area contributed by atoms with Gasteiger partial charge in [-0.25, -0.2) is 18.5 Å². The average molecular weight is 521 g/mol. The van der Waals surface area contributed by atoms with Crippen LogP contribution in [0.4, 0.5) is 0 Å². The number of aromatic amines is 1. The maximum atomic E-state index is 11.9. The molecular weight excluding hydrogens is 504 g/mol. The van der Waals surface area contributed by atoms with E-state index >= 15 is 0 Å². The minimum Gasteiger partial charge on any atom is -0.387 e. The van der Waals surface area contributed by atoms with Crippen molar-refractivity contribution in [2.75, 3.05) is 6.61 Å². The number of nitrogens with zero attached hydrogens (tertiary/aromatic N) is 1. The van der Waals surface area contributed by atoms with E-state index in [1.807, 2.05) is 4.98 Å². The minimum atomic E-state index is -5.73. The zero-order chi connectivity index (χ0) is 23.1. The topological polar surface area (TPSA) is 264 Å². The Bertz CT molecular complexity index is 1050. The molecule has 1 aromatic heterocycles. The Morgan fingerprint density at radius 2 is 1.65 bits per heavy atom. The molecule has 0 spiro atoms. The Morgan fingerprint density at radius 3 is 2.19 bits per heavy atom. The predicted molar refractivity (Wildman–Crippen MR) is 97.6 cm³/mol. The second-order valence-electron chi connectivity index (χ2n) is 5.91. The van der Waals surface area contributed by atoms with Crippen molar-refractivity contribution in [2.24, 2.45) is 0 Å². The molecule has 21 heteroatoms. The van der Waals surface area contributed by atoms with Gasteiger partial charge in [-0.2, -0.15) is 8.62 Å². The van der Waals surface area contributed by atoms with Crippen LogP contribution in [0, 0.1) is 6.92 Å². The normalized spacial score (nSPS) is 27.8. The smallest absolute Gasteiger partial charge is 0.387 e. The van der Waals surface area contributed by atoms with Crippen LogP contribution in [-0.4, -0.2) is 93.8 Å². The average Bonchev–Trinajstić information content (AvgIpc) is 2.81. The number of aliphatic hydroxyl groups excluding tert-OH is 2. The number of H-pyrrole nitrogens is 1. The zero-order valence-corrected chi connectivity index (χ0v) is 20.4. The Morgan fingerprint density at radius 1 is 1.06 bits per heavy atom. The fourth-order valence-electron chi connectivity index (χ4n) is 2.34. The van der Waals surface area contributed by atoms with Crippen LogP contribution in [0.5, 0.6) is 0 Å².